The van der Waals surface area contributed by atoms with Gasteiger partial charge in [0.1, 0.15) is 5.60 Å². The quantitative estimate of drug-likeness (QED) is 0.437. The van der Waals surface area contributed by atoms with Crippen molar-refractivity contribution in [1.82, 2.24) is 0 Å². The normalized spacial score (nSPS) is 32.0. The Kier molecular flexibility index (Phi) is 6.42. The molecular weight excluding hydrogens is 538 g/mol. The molecule has 6 rings (SSSR count). The molecule has 0 amide bonds. The van der Waals surface area contributed by atoms with Crippen molar-refractivity contribution in [3.8, 4) is 11.8 Å². The van der Waals surface area contributed by atoms with Crippen LogP contribution in [-0.2, 0) is 9.53 Å². The summed E-state index contributed by atoms with van der Waals surface area (Å²) in [6, 6.07) is 16.7. The Labute approximate surface area is 233 Å². The number of hydrogen-bond acceptors (Lipinski definition) is 4. The fraction of sp³-hybridized carbons (Fsp3) is 0.424. The van der Waals surface area contributed by atoms with Gasteiger partial charge < -0.3 is 14.7 Å². The molecule has 4 nitrogen and oxygen atoms in total. The van der Waals surface area contributed by atoms with Gasteiger partial charge in [0.15, 0.2) is 5.78 Å². The lowest BCUT2D eigenvalue weighted by atomic mass is 9.55. The predicted octanol–water partition coefficient (Wildman–Crippen LogP) is 6.19. The molecule has 0 aromatic heterocycles. The van der Waals surface area contributed by atoms with Crippen molar-refractivity contribution in [1.29, 1.82) is 0 Å². The summed E-state index contributed by atoms with van der Waals surface area (Å²) >= 11 is 3.49. The molecule has 5 unspecified atom stereocenters. The first-order valence-electron chi connectivity index (χ1n) is 13.6. The van der Waals surface area contributed by atoms with Gasteiger partial charge in [-0.1, -0.05) is 46.8 Å². The van der Waals surface area contributed by atoms with Crippen molar-refractivity contribution in [2.45, 2.75) is 56.7 Å². The van der Waals surface area contributed by atoms with Gasteiger partial charge in [-0.2, -0.15) is 0 Å². The SMILES string of the molecule is CN(C)c1ccc(C2CC3(C)C(CCC3(O)C#Cc3ccc(Br)cc3)C3OCC4=CC(=O)CCC4=C23)cc1. The van der Waals surface area contributed by atoms with Crippen molar-refractivity contribution in [2.24, 2.45) is 11.3 Å². The standard InChI is InChI=1S/C33H34BrNO3/c1-32-19-28(22-6-10-25(11-7-22)35(2)3)30-27-13-12-26(36)18-23(27)20-38-31(30)29(32)15-17-33(32,37)16-14-21-4-8-24(34)9-5-21/h4-11,18,28-29,31,37H,12-13,15,17,19-20H2,1-3H3. The zero-order valence-electron chi connectivity index (χ0n) is 22.3. The summed E-state index contributed by atoms with van der Waals surface area (Å²) in [4.78, 5) is 14.4. The molecule has 196 valence electrons. The number of allylic oxidation sites excluding steroid dienone is 1. The maximum absolute atomic E-state index is 12.2. The van der Waals surface area contributed by atoms with Gasteiger partial charge in [-0.3, -0.25) is 4.79 Å². The molecule has 4 aliphatic rings. The number of ketones is 1. The first kappa shape index (κ1) is 25.6. The summed E-state index contributed by atoms with van der Waals surface area (Å²) in [5.41, 5.74) is 5.46. The maximum atomic E-state index is 12.2. The predicted molar refractivity (Wildman–Crippen MR) is 154 cm³/mol. The second-order valence-corrected chi connectivity index (χ2v) is 12.6. The Morgan fingerprint density at radius 3 is 2.53 bits per heavy atom. The second kappa shape index (κ2) is 9.52. The Bertz CT molecular complexity index is 1390. The Balaban J connectivity index is 1.45. The number of fused-ring (bicyclic) bond motifs is 4. The molecule has 3 aliphatic carbocycles. The number of rotatable bonds is 2. The average Bonchev–Trinajstić information content (AvgIpc) is 3.18. The molecule has 2 aromatic carbocycles. The van der Waals surface area contributed by atoms with E-state index in [1.807, 2.05) is 24.3 Å². The Morgan fingerprint density at radius 1 is 1.08 bits per heavy atom. The van der Waals surface area contributed by atoms with Crippen LogP contribution in [0.2, 0.25) is 0 Å². The van der Waals surface area contributed by atoms with Gasteiger partial charge in [-0.25, -0.2) is 0 Å². The zero-order chi connectivity index (χ0) is 26.7. The van der Waals surface area contributed by atoms with Crippen LogP contribution in [0.1, 0.15) is 56.1 Å². The van der Waals surface area contributed by atoms with Crippen LogP contribution in [0.4, 0.5) is 5.69 Å². The number of ether oxygens (including phenoxy) is 1. The van der Waals surface area contributed by atoms with Crippen molar-refractivity contribution in [3.63, 3.8) is 0 Å². The second-order valence-electron chi connectivity index (χ2n) is 11.7. The molecule has 1 N–H and O–H groups in total. The lowest BCUT2D eigenvalue weighted by Crippen LogP contribution is -2.53. The van der Waals surface area contributed by atoms with Crippen molar-refractivity contribution >= 4 is 27.4 Å². The fourth-order valence-electron chi connectivity index (χ4n) is 7.23. The highest BCUT2D eigenvalue weighted by Crippen LogP contribution is 2.64. The minimum atomic E-state index is -1.11. The van der Waals surface area contributed by atoms with Crippen LogP contribution < -0.4 is 4.90 Å². The van der Waals surface area contributed by atoms with E-state index in [4.69, 9.17) is 4.74 Å². The van der Waals surface area contributed by atoms with E-state index in [1.165, 1.54) is 16.7 Å². The highest BCUT2D eigenvalue weighted by Gasteiger charge is 2.63. The minimum absolute atomic E-state index is 0.0730. The molecule has 38 heavy (non-hydrogen) atoms. The Morgan fingerprint density at radius 2 is 1.82 bits per heavy atom. The maximum Gasteiger partial charge on any atom is 0.156 e. The number of halogens is 1. The van der Waals surface area contributed by atoms with Crippen LogP contribution in [-0.4, -0.2) is 43.3 Å². The number of aliphatic hydroxyl groups is 1. The number of carbonyl (C=O) groups is 1. The van der Waals surface area contributed by atoms with E-state index in [2.05, 4.69) is 78.0 Å². The van der Waals surface area contributed by atoms with Gasteiger partial charge in [0, 0.05) is 47.6 Å². The fourth-order valence-corrected chi connectivity index (χ4v) is 7.50. The van der Waals surface area contributed by atoms with Crippen LogP contribution in [0, 0.1) is 23.2 Å². The first-order valence-corrected chi connectivity index (χ1v) is 14.3. The minimum Gasteiger partial charge on any atom is -0.378 e. The molecule has 2 fully saturated rings. The van der Waals surface area contributed by atoms with E-state index < -0.39 is 11.0 Å². The lowest BCUT2D eigenvalue weighted by Gasteiger charge is -2.53. The summed E-state index contributed by atoms with van der Waals surface area (Å²) in [5, 5.41) is 12.2. The molecule has 1 heterocycles. The smallest absolute Gasteiger partial charge is 0.156 e. The summed E-state index contributed by atoms with van der Waals surface area (Å²) in [6.07, 6.45) is 5.37. The van der Waals surface area contributed by atoms with Gasteiger partial charge in [-0.05, 0) is 96.4 Å². The van der Waals surface area contributed by atoms with E-state index in [0.29, 0.717) is 19.4 Å². The summed E-state index contributed by atoms with van der Waals surface area (Å²) < 4.78 is 7.62. The molecule has 0 bridgehead atoms. The molecule has 0 spiro atoms. The van der Waals surface area contributed by atoms with Crippen LogP contribution in [0.3, 0.4) is 0 Å². The first-order chi connectivity index (χ1) is 18.2. The van der Waals surface area contributed by atoms with Crippen LogP contribution >= 0.6 is 15.9 Å². The van der Waals surface area contributed by atoms with Crippen molar-refractivity contribution in [3.05, 3.63) is 86.9 Å². The van der Waals surface area contributed by atoms with Gasteiger partial charge in [-0.15, -0.1) is 0 Å². The van der Waals surface area contributed by atoms with Gasteiger partial charge >= 0.3 is 0 Å². The van der Waals surface area contributed by atoms with Crippen molar-refractivity contribution in [2.75, 3.05) is 25.6 Å². The van der Waals surface area contributed by atoms with E-state index in [0.717, 1.165) is 40.6 Å². The third-order valence-electron chi connectivity index (χ3n) is 9.44. The average molecular weight is 573 g/mol. The van der Waals surface area contributed by atoms with E-state index in [9.17, 15) is 9.90 Å². The van der Waals surface area contributed by atoms with Gasteiger partial charge in [0.05, 0.1) is 12.7 Å². The third-order valence-corrected chi connectivity index (χ3v) is 9.97. The topological polar surface area (TPSA) is 49.8 Å². The van der Waals surface area contributed by atoms with Crippen LogP contribution in [0.5, 0.6) is 0 Å². The molecule has 0 saturated heterocycles. The van der Waals surface area contributed by atoms with Crippen LogP contribution in [0.25, 0.3) is 0 Å². The number of anilines is 1. The number of carbonyl (C=O) groups excluding carboxylic acids is 1. The summed E-state index contributed by atoms with van der Waals surface area (Å²) in [7, 11) is 4.10. The van der Waals surface area contributed by atoms with Gasteiger partial charge in [0.25, 0.3) is 0 Å². The molecule has 2 saturated carbocycles. The number of benzene rings is 2. The molecule has 2 aromatic rings. The zero-order valence-corrected chi connectivity index (χ0v) is 23.8. The van der Waals surface area contributed by atoms with Crippen LogP contribution in [0.15, 0.2) is 75.8 Å². The summed E-state index contributed by atoms with van der Waals surface area (Å²) in [5.74, 6) is 7.09. The molecule has 5 atom stereocenters. The van der Waals surface area contributed by atoms with Gasteiger partial charge in [0.2, 0.25) is 0 Å². The highest BCUT2D eigenvalue weighted by atomic mass is 79.9. The number of nitrogens with zero attached hydrogens (tertiary/aromatic N) is 1. The largest absolute Gasteiger partial charge is 0.378 e. The lowest BCUT2D eigenvalue weighted by molar-refractivity contribution is -0.115. The molecule has 1 aliphatic heterocycles. The number of hydrogen-bond donors (Lipinski definition) is 1. The highest BCUT2D eigenvalue weighted by molar-refractivity contribution is 9.10. The van der Waals surface area contributed by atoms with E-state index >= 15 is 0 Å². The molecular formula is C33H34BrNO3. The monoisotopic (exact) mass is 571 g/mol. The van der Waals surface area contributed by atoms with Crippen molar-refractivity contribution < 1.29 is 14.6 Å². The molecule has 5 heteroatoms. The van der Waals surface area contributed by atoms with E-state index in [-0.39, 0.29) is 23.7 Å². The Hall–Kier alpha value is -2.65. The third kappa shape index (κ3) is 4.18. The summed E-state index contributed by atoms with van der Waals surface area (Å²) in [6.45, 7) is 2.69. The molecule has 0 radical (unpaired) electrons. The van der Waals surface area contributed by atoms with E-state index in [1.54, 1.807) is 6.08 Å².